The van der Waals surface area contributed by atoms with Gasteiger partial charge in [-0.05, 0) is 36.2 Å². The zero-order chi connectivity index (χ0) is 25.4. The van der Waals surface area contributed by atoms with E-state index >= 15 is 0 Å². The van der Waals surface area contributed by atoms with Gasteiger partial charge in [-0.1, -0.05) is 30.4 Å². The number of carboxylic acid groups (broad SMARTS) is 2. The van der Waals surface area contributed by atoms with E-state index in [1.807, 2.05) is 0 Å². The molecular weight excluding hydrogens is 470 g/mol. The molecule has 1 amide bonds. The van der Waals surface area contributed by atoms with Crippen LogP contribution in [0.2, 0.25) is 0 Å². The number of benzene rings is 2. The van der Waals surface area contributed by atoms with Crippen molar-refractivity contribution in [3.05, 3.63) is 65.2 Å². The van der Waals surface area contributed by atoms with Gasteiger partial charge in [0.05, 0.1) is 12.1 Å². The average Bonchev–Trinajstić information content (AvgIpc) is 3.17. The number of amides is 1. The number of ether oxygens (including phenoxy) is 1. The van der Waals surface area contributed by atoms with Crippen LogP contribution in [-0.2, 0) is 27.4 Å². The Kier molecular flexibility index (Phi) is 9.58. The van der Waals surface area contributed by atoms with Gasteiger partial charge in [-0.2, -0.15) is 0 Å². The minimum atomic E-state index is -1.07. The number of carboxylic acids is 2. The summed E-state index contributed by atoms with van der Waals surface area (Å²) < 4.78 is 32.2. The first-order chi connectivity index (χ1) is 16.0. The summed E-state index contributed by atoms with van der Waals surface area (Å²) in [5, 5.41) is 17.4. The Morgan fingerprint density at radius 2 is 1.74 bits per heavy atom. The fourth-order valence-corrected chi connectivity index (χ4v) is 3.43. The van der Waals surface area contributed by atoms with E-state index in [-0.39, 0.29) is 24.5 Å². The lowest BCUT2D eigenvalue weighted by atomic mass is 10.1. The van der Waals surface area contributed by atoms with Gasteiger partial charge in [-0.3, -0.25) is 9.59 Å². The van der Waals surface area contributed by atoms with Gasteiger partial charge < -0.3 is 25.6 Å². The summed E-state index contributed by atoms with van der Waals surface area (Å²) in [4.78, 5) is 34.1. The molecule has 8 nitrogen and oxygen atoms in total. The second-order valence-electron chi connectivity index (χ2n) is 7.53. The van der Waals surface area contributed by atoms with Crippen molar-refractivity contribution in [2.75, 3.05) is 6.54 Å². The Bertz CT molecular complexity index is 1020. The molecule has 0 aliphatic carbocycles. The highest BCUT2D eigenvalue weighted by molar-refractivity contribution is 7.80. The third kappa shape index (κ3) is 7.56. The van der Waals surface area contributed by atoms with E-state index in [1.165, 1.54) is 17.9 Å². The molecular formula is C23H24F2N2O6S. The van der Waals surface area contributed by atoms with Crippen molar-refractivity contribution >= 4 is 34.9 Å². The molecule has 2 aromatic rings. The van der Waals surface area contributed by atoms with Crippen LogP contribution in [0.25, 0.3) is 0 Å². The summed E-state index contributed by atoms with van der Waals surface area (Å²) in [7, 11) is 0. The molecule has 1 saturated heterocycles. The fourth-order valence-electron chi connectivity index (χ4n) is 3.13. The predicted molar refractivity (Wildman–Crippen MR) is 122 cm³/mol. The topological polar surface area (TPSA) is 130 Å². The maximum atomic E-state index is 13.4. The number of halogens is 2. The summed E-state index contributed by atoms with van der Waals surface area (Å²) in [6.07, 6.45) is 0.502. The Balaban J connectivity index is 0.000000287. The number of nitrogens with zero attached hydrogens (tertiary/aromatic N) is 1. The highest BCUT2D eigenvalue weighted by Crippen LogP contribution is 2.18. The normalized spacial score (nSPS) is 15.8. The second kappa shape index (κ2) is 12.1. The van der Waals surface area contributed by atoms with Crippen LogP contribution < -0.4 is 10.5 Å². The second-order valence-corrected chi connectivity index (χ2v) is 8.10. The van der Waals surface area contributed by atoms with Gasteiger partial charge in [-0.15, -0.1) is 0 Å². The number of carbonyl (C=O) groups is 3. The molecule has 3 rings (SSSR count). The Morgan fingerprint density at radius 3 is 2.21 bits per heavy atom. The molecule has 11 heteroatoms. The van der Waals surface area contributed by atoms with Crippen molar-refractivity contribution in [1.29, 1.82) is 0 Å². The summed E-state index contributed by atoms with van der Waals surface area (Å²) >= 11 is 4.85. The number of hydrogen-bond acceptors (Lipinski definition) is 6. The van der Waals surface area contributed by atoms with Crippen LogP contribution in [0.4, 0.5) is 8.78 Å². The number of rotatable bonds is 7. The van der Waals surface area contributed by atoms with E-state index in [2.05, 4.69) is 0 Å². The molecule has 2 aromatic carbocycles. The van der Waals surface area contributed by atoms with E-state index in [1.54, 1.807) is 24.3 Å². The fraction of sp³-hybridized carbons (Fsp3) is 0.304. The molecule has 4 N–H and O–H groups in total. The van der Waals surface area contributed by atoms with E-state index in [0.29, 0.717) is 23.6 Å². The standard InChI is InChI=1S/C16H15F2NO3.C7H9NO3S/c17-13-2-1-3-14(18)12(13)9-22-11-6-4-10(5-7-11)8-15(19)16(20)21;1-4(9)8-3-5(12)2-6(8)7(10)11/h1-7,15H,8-9,19H2,(H,20,21);6H,2-3H2,1H3,(H,10,11)/t15-;6-/m00/s1. The maximum absolute atomic E-state index is 13.4. The average molecular weight is 495 g/mol. The molecule has 0 spiro atoms. The lowest BCUT2D eigenvalue weighted by molar-refractivity contribution is -0.147. The van der Waals surface area contributed by atoms with E-state index in [4.69, 9.17) is 32.9 Å². The van der Waals surface area contributed by atoms with Crippen LogP contribution >= 0.6 is 12.2 Å². The van der Waals surface area contributed by atoms with E-state index in [0.717, 1.165) is 17.7 Å². The number of thiocarbonyl (C=S) groups is 1. The Hall–Kier alpha value is -3.44. The van der Waals surface area contributed by atoms with Gasteiger partial charge >= 0.3 is 11.9 Å². The summed E-state index contributed by atoms with van der Waals surface area (Å²) in [6.45, 7) is 1.43. The molecule has 0 radical (unpaired) electrons. The molecule has 1 aliphatic rings. The summed E-state index contributed by atoms with van der Waals surface area (Å²) in [6, 6.07) is 8.43. The number of aliphatic carboxylic acids is 2. The van der Waals surface area contributed by atoms with Crippen molar-refractivity contribution < 1.29 is 38.1 Å². The van der Waals surface area contributed by atoms with Crippen LogP contribution in [0.5, 0.6) is 5.75 Å². The van der Waals surface area contributed by atoms with Gasteiger partial charge in [0, 0.05) is 18.2 Å². The van der Waals surface area contributed by atoms with Gasteiger partial charge in [0.15, 0.2) is 0 Å². The first kappa shape index (κ1) is 26.8. The highest BCUT2D eigenvalue weighted by atomic mass is 32.1. The molecule has 1 heterocycles. The first-order valence-corrected chi connectivity index (χ1v) is 10.5. The molecule has 182 valence electrons. The van der Waals surface area contributed by atoms with Crippen LogP contribution in [0.1, 0.15) is 24.5 Å². The third-order valence-electron chi connectivity index (χ3n) is 4.97. The molecule has 0 unspecified atom stereocenters. The van der Waals surface area contributed by atoms with Gasteiger partial charge in [0.2, 0.25) is 5.91 Å². The van der Waals surface area contributed by atoms with Crippen molar-refractivity contribution in [3.8, 4) is 5.75 Å². The molecule has 1 fully saturated rings. The summed E-state index contributed by atoms with van der Waals surface area (Å²) in [5.41, 5.74) is 6.04. The maximum Gasteiger partial charge on any atom is 0.326 e. The van der Waals surface area contributed by atoms with Crippen molar-refractivity contribution in [2.45, 2.75) is 38.5 Å². The number of likely N-dealkylation sites (tertiary alicyclic amines) is 1. The number of nitrogens with two attached hydrogens (primary N) is 1. The van der Waals surface area contributed by atoms with E-state index < -0.39 is 35.7 Å². The minimum Gasteiger partial charge on any atom is -0.489 e. The van der Waals surface area contributed by atoms with Crippen molar-refractivity contribution in [3.63, 3.8) is 0 Å². The SMILES string of the molecule is CC(=O)N1CC(=S)C[C@H]1C(=O)O.N[C@@H](Cc1ccc(OCc2c(F)cccc2F)cc1)C(=O)O. The van der Waals surface area contributed by atoms with Crippen LogP contribution in [0, 0.1) is 11.6 Å². The number of carbonyl (C=O) groups excluding carboxylic acids is 1. The van der Waals surface area contributed by atoms with Crippen LogP contribution in [-0.4, -0.2) is 56.5 Å². The Morgan fingerprint density at radius 1 is 1.15 bits per heavy atom. The van der Waals surface area contributed by atoms with Crippen LogP contribution in [0.15, 0.2) is 42.5 Å². The quantitative estimate of drug-likeness (QED) is 0.501. The Labute approximate surface area is 199 Å². The predicted octanol–water partition coefficient (Wildman–Crippen LogP) is 2.56. The third-order valence-corrected chi connectivity index (χ3v) is 5.27. The monoisotopic (exact) mass is 494 g/mol. The molecule has 34 heavy (non-hydrogen) atoms. The van der Waals surface area contributed by atoms with Crippen molar-refractivity contribution in [1.82, 2.24) is 4.90 Å². The lowest BCUT2D eigenvalue weighted by Crippen LogP contribution is -2.39. The number of hydrogen-bond donors (Lipinski definition) is 3. The molecule has 1 aliphatic heterocycles. The van der Waals surface area contributed by atoms with Gasteiger partial charge in [-0.25, -0.2) is 13.6 Å². The summed E-state index contributed by atoms with van der Waals surface area (Å²) in [5.74, 6) is -3.19. The van der Waals surface area contributed by atoms with Gasteiger partial charge in [0.1, 0.15) is 36.1 Å². The highest BCUT2D eigenvalue weighted by Gasteiger charge is 2.34. The van der Waals surface area contributed by atoms with E-state index in [9.17, 15) is 23.2 Å². The largest absolute Gasteiger partial charge is 0.489 e. The van der Waals surface area contributed by atoms with Gasteiger partial charge in [0.25, 0.3) is 0 Å². The van der Waals surface area contributed by atoms with Crippen LogP contribution in [0.3, 0.4) is 0 Å². The zero-order valence-electron chi connectivity index (χ0n) is 18.2. The first-order valence-electron chi connectivity index (χ1n) is 10.1. The minimum absolute atomic E-state index is 0.139. The van der Waals surface area contributed by atoms with Crippen molar-refractivity contribution in [2.24, 2.45) is 5.73 Å². The molecule has 0 saturated carbocycles. The molecule has 0 aromatic heterocycles. The lowest BCUT2D eigenvalue weighted by Gasteiger charge is -2.18. The smallest absolute Gasteiger partial charge is 0.326 e. The molecule has 0 bridgehead atoms. The zero-order valence-corrected chi connectivity index (χ0v) is 19.1. The molecule has 2 atom stereocenters.